The van der Waals surface area contributed by atoms with E-state index < -0.39 is 0 Å². The minimum Gasteiger partial charge on any atom is -0.360 e. The van der Waals surface area contributed by atoms with Gasteiger partial charge in [-0.3, -0.25) is 9.59 Å². The molecule has 2 amide bonds. The van der Waals surface area contributed by atoms with Crippen molar-refractivity contribution < 1.29 is 14.1 Å². The van der Waals surface area contributed by atoms with E-state index in [0.29, 0.717) is 37.3 Å². The molecule has 2 aromatic rings. The molecular weight excluding hydrogens is 306 g/mol. The fourth-order valence-corrected chi connectivity index (χ4v) is 3.04. The topological polar surface area (TPSA) is 84.2 Å². The molecule has 0 spiro atoms. The molecule has 1 aliphatic rings. The average Bonchev–Trinajstić information content (AvgIpc) is 3.00. The number of carbonyl (C=O) groups is 2. The first-order valence-corrected chi connectivity index (χ1v) is 8.22. The zero-order chi connectivity index (χ0) is 16.9. The molecule has 6 heteroatoms. The number of hydrogen-bond acceptors (Lipinski definition) is 4. The number of aromatic nitrogens is 1. The molecule has 1 aromatic heterocycles. The van der Waals surface area contributed by atoms with E-state index in [4.69, 9.17) is 4.52 Å². The van der Waals surface area contributed by atoms with E-state index in [9.17, 15) is 9.59 Å². The number of aryl methyl sites for hydroxylation is 1. The lowest BCUT2D eigenvalue weighted by Gasteiger charge is -2.26. The molecule has 6 nitrogen and oxygen atoms in total. The minimum atomic E-state index is -0.0808. The number of nitrogens with one attached hydrogen (secondary N) is 2. The Kier molecular flexibility index (Phi) is 4.93. The van der Waals surface area contributed by atoms with Gasteiger partial charge in [-0.1, -0.05) is 23.4 Å². The van der Waals surface area contributed by atoms with Crippen LogP contribution in [-0.2, 0) is 9.59 Å². The van der Waals surface area contributed by atoms with Crippen molar-refractivity contribution in [3.63, 3.8) is 0 Å². The second-order valence-corrected chi connectivity index (χ2v) is 6.22. The van der Waals surface area contributed by atoms with E-state index >= 15 is 0 Å². The normalized spacial score (nSPS) is 20.4. The van der Waals surface area contributed by atoms with Crippen LogP contribution in [0.1, 0.15) is 31.4 Å². The Labute approximate surface area is 140 Å². The Morgan fingerprint density at radius 1 is 1.00 bits per heavy atom. The molecule has 126 valence electrons. The summed E-state index contributed by atoms with van der Waals surface area (Å²) >= 11 is 0. The first kappa shape index (κ1) is 16.2. The van der Waals surface area contributed by atoms with E-state index in [2.05, 4.69) is 15.8 Å². The van der Waals surface area contributed by atoms with Crippen LogP contribution in [-0.4, -0.2) is 17.0 Å². The van der Waals surface area contributed by atoms with Crippen molar-refractivity contribution in [3.8, 4) is 0 Å². The molecule has 0 bridgehead atoms. The molecule has 1 aliphatic carbocycles. The number of amides is 2. The van der Waals surface area contributed by atoms with Crippen molar-refractivity contribution in [2.75, 3.05) is 10.6 Å². The number of para-hydroxylation sites is 1. The zero-order valence-electron chi connectivity index (χ0n) is 13.6. The van der Waals surface area contributed by atoms with E-state index in [1.54, 1.807) is 13.0 Å². The molecule has 0 aliphatic heterocycles. The molecule has 1 aromatic carbocycles. The van der Waals surface area contributed by atoms with Gasteiger partial charge < -0.3 is 15.2 Å². The van der Waals surface area contributed by atoms with Gasteiger partial charge in [-0.05, 0) is 44.7 Å². The third-order valence-corrected chi connectivity index (χ3v) is 4.39. The van der Waals surface area contributed by atoms with Gasteiger partial charge in [0.1, 0.15) is 5.76 Å². The first-order chi connectivity index (χ1) is 11.6. The van der Waals surface area contributed by atoms with Gasteiger partial charge in [-0.25, -0.2) is 0 Å². The highest BCUT2D eigenvalue weighted by Gasteiger charge is 2.30. The van der Waals surface area contributed by atoms with E-state index in [-0.39, 0.29) is 23.7 Å². The Balaban J connectivity index is 1.48. The van der Waals surface area contributed by atoms with Crippen LogP contribution in [0.3, 0.4) is 0 Å². The highest BCUT2D eigenvalue weighted by molar-refractivity contribution is 5.94. The van der Waals surface area contributed by atoms with Crippen molar-refractivity contribution in [2.24, 2.45) is 11.8 Å². The molecular formula is C18H21N3O3. The number of anilines is 2. The van der Waals surface area contributed by atoms with Gasteiger partial charge in [0.25, 0.3) is 0 Å². The van der Waals surface area contributed by atoms with Crippen LogP contribution >= 0.6 is 0 Å². The molecule has 0 saturated heterocycles. The SMILES string of the molecule is Cc1cc(NC(=O)C2CCC(C(=O)Nc3ccccc3)CC2)no1. The van der Waals surface area contributed by atoms with E-state index in [1.807, 2.05) is 30.3 Å². The highest BCUT2D eigenvalue weighted by atomic mass is 16.5. The van der Waals surface area contributed by atoms with Gasteiger partial charge in [0.05, 0.1) is 0 Å². The van der Waals surface area contributed by atoms with Crippen molar-refractivity contribution in [2.45, 2.75) is 32.6 Å². The monoisotopic (exact) mass is 327 g/mol. The molecule has 3 rings (SSSR count). The zero-order valence-corrected chi connectivity index (χ0v) is 13.6. The maximum Gasteiger partial charge on any atom is 0.228 e. The molecule has 1 heterocycles. The summed E-state index contributed by atoms with van der Waals surface area (Å²) in [5.41, 5.74) is 0.809. The molecule has 0 atom stereocenters. The summed E-state index contributed by atoms with van der Waals surface area (Å²) < 4.78 is 4.94. The van der Waals surface area contributed by atoms with Crippen molar-refractivity contribution >= 4 is 23.3 Å². The predicted octanol–water partition coefficient (Wildman–Crippen LogP) is 3.37. The second-order valence-electron chi connectivity index (χ2n) is 6.22. The minimum absolute atomic E-state index is 0.0344. The number of hydrogen-bond donors (Lipinski definition) is 2. The molecule has 0 unspecified atom stereocenters. The van der Waals surface area contributed by atoms with Gasteiger partial charge in [-0.2, -0.15) is 0 Å². The van der Waals surface area contributed by atoms with Gasteiger partial charge in [0, 0.05) is 23.6 Å². The average molecular weight is 327 g/mol. The standard InChI is InChI=1S/C18H21N3O3/c1-12-11-16(21-24-12)20-18(23)14-9-7-13(8-10-14)17(22)19-15-5-3-2-4-6-15/h2-6,11,13-14H,7-10H2,1H3,(H,19,22)(H,20,21,23). The number of benzene rings is 1. The summed E-state index contributed by atoms with van der Waals surface area (Å²) in [6.07, 6.45) is 2.84. The smallest absolute Gasteiger partial charge is 0.228 e. The van der Waals surface area contributed by atoms with Crippen LogP contribution in [0.5, 0.6) is 0 Å². The maximum atomic E-state index is 12.3. The largest absolute Gasteiger partial charge is 0.360 e. The summed E-state index contributed by atoms with van der Waals surface area (Å²) in [5.74, 6) is 0.969. The van der Waals surface area contributed by atoms with Crippen molar-refractivity contribution in [3.05, 3.63) is 42.2 Å². The fraction of sp³-hybridized carbons (Fsp3) is 0.389. The Bertz CT molecular complexity index is 703. The number of nitrogens with zero attached hydrogens (tertiary/aromatic N) is 1. The number of rotatable bonds is 4. The summed E-state index contributed by atoms with van der Waals surface area (Å²) in [6.45, 7) is 1.78. The lowest BCUT2D eigenvalue weighted by atomic mass is 9.81. The Morgan fingerprint density at radius 3 is 2.12 bits per heavy atom. The maximum absolute atomic E-state index is 12.3. The summed E-state index contributed by atoms with van der Waals surface area (Å²) in [4.78, 5) is 24.6. The van der Waals surface area contributed by atoms with Crippen LogP contribution in [0.2, 0.25) is 0 Å². The summed E-state index contributed by atoms with van der Waals surface area (Å²) in [7, 11) is 0. The quantitative estimate of drug-likeness (QED) is 0.902. The fourth-order valence-electron chi connectivity index (χ4n) is 3.04. The predicted molar refractivity (Wildman–Crippen MR) is 90.4 cm³/mol. The van der Waals surface area contributed by atoms with Gasteiger partial charge >= 0.3 is 0 Å². The van der Waals surface area contributed by atoms with Crippen molar-refractivity contribution in [1.29, 1.82) is 0 Å². The number of carbonyl (C=O) groups excluding carboxylic acids is 2. The molecule has 0 radical (unpaired) electrons. The highest BCUT2D eigenvalue weighted by Crippen LogP contribution is 2.30. The van der Waals surface area contributed by atoms with Crippen LogP contribution in [0.4, 0.5) is 11.5 Å². The Hall–Kier alpha value is -2.63. The van der Waals surface area contributed by atoms with Crippen LogP contribution in [0.15, 0.2) is 40.9 Å². The van der Waals surface area contributed by atoms with E-state index in [0.717, 1.165) is 5.69 Å². The van der Waals surface area contributed by atoms with E-state index in [1.165, 1.54) is 0 Å². The van der Waals surface area contributed by atoms with Crippen LogP contribution in [0, 0.1) is 18.8 Å². The summed E-state index contributed by atoms with van der Waals surface area (Å²) in [6, 6.07) is 11.1. The van der Waals surface area contributed by atoms with Crippen LogP contribution in [0.25, 0.3) is 0 Å². The Morgan fingerprint density at radius 2 is 1.58 bits per heavy atom. The molecule has 2 N–H and O–H groups in total. The summed E-state index contributed by atoms with van der Waals surface area (Å²) in [5, 5.41) is 9.48. The van der Waals surface area contributed by atoms with Crippen LogP contribution < -0.4 is 10.6 Å². The third-order valence-electron chi connectivity index (χ3n) is 4.39. The lowest BCUT2D eigenvalue weighted by Crippen LogP contribution is -2.32. The molecule has 1 saturated carbocycles. The van der Waals surface area contributed by atoms with Gasteiger partial charge in [0.15, 0.2) is 5.82 Å². The van der Waals surface area contributed by atoms with Gasteiger partial charge in [0.2, 0.25) is 11.8 Å². The third kappa shape index (κ3) is 4.01. The molecule has 1 fully saturated rings. The van der Waals surface area contributed by atoms with Gasteiger partial charge in [-0.15, -0.1) is 0 Å². The second kappa shape index (κ2) is 7.29. The lowest BCUT2D eigenvalue weighted by molar-refractivity contribution is -0.125. The first-order valence-electron chi connectivity index (χ1n) is 8.22. The molecule has 24 heavy (non-hydrogen) atoms. The van der Waals surface area contributed by atoms with Crippen molar-refractivity contribution in [1.82, 2.24) is 5.16 Å².